The fourth-order valence-corrected chi connectivity index (χ4v) is 3.67. The maximum Gasteiger partial charge on any atom is 0.242 e. The number of hydrogen-bond acceptors (Lipinski definition) is 4. The summed E-state index contributed by atoms with van der Waals surface area (Å²) in [5.41, 5.74) is 4.59. The van der Waals surface area contributed by atoms with E-state index in [-0.39, 0.29) is 17.9 Å². The third-order valence-electron chi connectivity index (χ3n) is 5.24. The number of carbonyl (C=O) groups excluding carboxylic acids is 1. The summed E-state index contributed by atoms with van der Waals surface area (Å²) < 4.78 is 10.8. The van der Waals surface area contributed by atoms with Crippen LogP contribution in [0.1, 0.15) is 37.5 Å². The summed E-state index contributed by atoms with van der Waals surface area (Å²) in [6.45, 7) is 8.13. The van der Waals surface area contributed by atoms with Gasteiger partial charge in [0.05, 0.1) is 20.8 Å². The number of hydrogen-bond donors (Lipinski definition) is 1. The zero-order valence-electron chi connectivity index (χ0n) is 17.5. The van der Waals surface area contributed by atoms with Crippen LogP contribution in [0.25, 0.3) is 0 Å². The molecular weight excluding hydrogens is 352 g/mol. The Hall–Kier alpha value is -2.69. The number of para-hydroxylation sites is 1. The van der Waals surface area contributed by atoms with E-state index in [0.29, 0.717) is 18.8 Å². The van der Waals surface area contributed by atoms with Crippen LogP contribution in [0, 0.1) is 0 Å². The molecule has 0 radical (unpaired) electrons. The van der Waals surface area contributed by atoms with Crippen LogP contribution in [0.5, 0.6) is 11.5 Å². The van der Waals surface area contributed by atoms with Gasteiger partial charge in [0.25, 0.3) is 0 Å². The first-order valence-electron chi connectivity index (χ1n) is 9.68. The van der Waals surface area contributed by atoms with Gasteiger partial charge < -0.3 is 19.7 Å². The lowest BCUT2D eigenvalue weighted by atomic mass is 9.86. The lowest BCUT2D eigenvalue weighted by Gasteiger charge is -2.30. The van der Waals surface area contributed by atoms with Gasteiger partial charge in [-0.15, -0.1) is 0 Å². The first-order chi connectivity index (χ1) is 13.3. The Morgan fingerprint density at radius 2 is 1.71 bits per heavy atom. The van der Waals surface area contributed by atoms with Gasteiger partial charge in [0.1, 0.15) is 0 Å². The summed E-state index contributed by atoms with van der Waals surface area (Å²) in [5, 5.41) is 3.35. The van der Waals surface area contributed by atoms with E-state index in [4.69, 9.17) is 9.47 Å². The summed E-state index contributed by atoms with van der Waals surface area (Å²) in [5.74, 6) is 1.54. The fourth-order valence-electron chi connectivity index (χ4n) is 3.67. The smallest absolute Gasteiger partial charge is 0.242 e. The molecule has 5 nitrogen and oxygen atoms in total. The highest BCUT2D eigenvalue weighted by Gasteiger charge is 2.23. The van der Waals surface area contributed by atoms with Crippen molar-refractivity contribution in [2.75, 3.05) is 32.6 Å². The summed E-state index contributed by atoms with van der Waals surface area (Å²) >= 11 is 0. The Morgan fingerprint density at radius 1 is 1.07 bits per heavy atom. The van der Waals surface area contributed by atoms with Gasteiger partial charge in [0.15, 0.2) is 11.5 Å². The van der Waals surface area contributed by atoms with Gasteiger partial charge in [-0.05, 0) is 46.7 Å². The zero-order valence-corrected chi connectivity index (χ0v) is 17.5. The lowest BCUT2D eigenvalue weighted by molar-refractivity contribution is -0.130. The van der Waals surface area contributed by atoms with E-state index in [2.05, 4.69) is 32.2 Å². The van der Waals surface area contributed by atoms with Crippen LogP contribution in [0.15, 0.2) is 36.4 Å². The second-order valence-electron chi connectivity index (χ2n) is 8.19. The SMILES string of the molecule is COc1cc2c(cc1OC)CN(C(=O)CNc1ccccc1C(C)(C)C)CC2. The molecule has 0 spiro atoms. The number of rotatable bonds is 5. The second kappa shape index (κ2) is 8.13. The van der Waals surface area contributed by atoms with E-state index < -0.39 is 0 Å². The quantitative estimate of drug-likeness (QED) is 0.849. The van der Waals surface area contributed by atoms with E-state index in [0.717, 1.165) is 23.4 Å². The van der Waals surface area contributed by atoms with Crippen molar-refractivity contribution >= 4 is 11.6 Å². The number of fused-ring (bicyclic) bond motifs is 1. The maximum atomic E-state index is 12.8. The van der Waals surface area contributed by atoms with Crippen LogP contribution in [-0.4, -0.2) is 38.1 Å². The largest absolute Gasteiger partial charge is 0.493 e. The number of ether oxygens (including phenoxy) is 2. The number of amides is 1. The standard InChI is InChI=1S/C23H30N2O3/c1-23(2,3)18-8-6-7-9-19(18)24-14-22(26)25-11-10-16-12-20(27-4)21(28-5)13-17(16)15-25/h6-9,12-13,24H,10-11,14-15H2,1-5H3. The van der Waals surface area contributed by atoms with E-state index in [1.165, 1.54) is 11.1 Å². The van der Waals surface area contributed by atoms with Crippen molar-refractivity contribution in [1.82, 2.24) is 4.90 Å². The first-order valence-corrected chi connectivity index (χ1v) is 9.68. The Morgan fingerprint density at radius 3 is 2.36 bits per heavy atom. The molecule has 2 aromatic rings. The molecule has 28 heavy (non-hydrogen) atoms. The molecule has 1 amide bonds. The van der Waals surface area contributed by atoms with E-state index >= 15 is 0 Å². The average Bonchev–Trinajstić information content (AvgIpc) is 2.69. The van der Waals surface area contributed by atoms with Crippen LogP contribution in [0.2, 0.25) is 0 Å². The van der Waals surface area contributed by atoms with E-state index in [1.54, 1.807) is 14.2 Å². The van der Waals surface area contributed by atoms with Crippen LogP contribution >= 0.6 is 0 Å². The molecule has 0 fully saturated rings. The Labute approximate surface area is 167 Å². The molecule has 0 aromatic heterocycles. The molecule has 1 aliphatic rings. The van der Waals surface area contributed by atoms with Crippen LogP contribution in [0.4, 0.5) is 5.69 Å². The Balaban J connectivity index is 1.69. The Kier molecular flexibility index (Phi) is 5.82. The normalized spacial score (nSPS) is 13.7. The fraction of sp³-hybridized carbons (Fsp3) is 0.435. The first kappa shape index (κ1) is 20.1. The molecule has 3 rings (SSSR count). The van der Waals surface area contributed by atoms with Gasteiger partial charge >= 0.3 is 0 Å². The molecule has 0 saturated heterocycles. The van der Waals surface area contributed by atoms with Crippen molar-refractivity contribution in [2.45, 2.75) is 39.2 Å². The predicted octanol–water partition coefficient (Wildman–Crippen LogP) is 4.00. The lowest BCUT2D eigenvalue weighted by Crippen LogP contribution is -2.39. The summed E-state index contributed by atoms with van der Waals surface area (Å²) in [6, 6.07) is 12.2. The number of nitrogens with zero attached hydrogens (tertiary/aromatic N) is 1. The van der Waals surface area contributed by atoms with Crippen LogP contribution in [-0.2, 0) is 23.2 Å². The second-order valence-corrected chi connectivity index (χ2v) is 8.19. The molecule has 2 aromatic carbocycles. The van der Waals surface area contributed by atoms with Crippen LogP contribution < -0.4 is 14.8 Å². The molecule has 1 aliphatic heterocycles. The molecule has 0 atom stereocenters. The minimum Gasteiger partial charge on any atom is -0.493 e. The predicted molar refractivity (Wildman–Crippen MR) is 112 cm³/mol. The molecule has 150 valence electrons. The molecule has 1 heterocycles. The zero-order chi connectivity index (χ0) is 20.3. The van der Waals surface area contributed by atoms with Crippen molar-refractivity contribution in [3.63, 3.8) is 0 Å². The summed E-state index contributed by atoms with van der Waals surface area (Å²) in [7, 11) is 3.27. The highest BCUT2D eigenvalue weighted by molar-refractivity contribution is 5.81. The third kappa shape index (κ3) is 4.24. The number of carbonyl (C=O) groups is 1. The van der Waals surface area contributed by atoms with Gasteiger partial charge in [-0.2, -0.15) is 0 Å². The summed E-state index contributed by atoms with van der Waals surface area (Å²) in [4.78, 5) is 14.7. The molecule has 5 heteroatoms. The monoisotopic (exact) mass is 382 g/mol. The minimum atomic E-state index is 0.0202. The topological polar surface area (TPSA) is 50.8 Å². The molecular formula is C23H30N2O3. The van der Waals surface area contributed by atoms with Crippen LogP contribution in [0.3, 0.4) is 0 Å². The minimum absolute atomic E-state index is 0.0202. The van der Waals surface area contributed by atoms with Gasteiger partial charge in [0.2, 0.25) is 5.91 Å². The maximum absolute atomic E-state index is 12.8. The highest BCUT2D eigenvalue weighted by atomic mass is 16.5. The summed E-state index contributed by atoms with van der Waals surface area (Å²) in [6.07, 6.45) is 0.819. The van der Waals surface area contributed by atoms with Crippen molar-refractivity contribution in [2.24, 2.45) is 0 Å². The number of nitrogens with one attached hydrogen (secondary N) is 1. The van der Waals surface area contributed by atoms with Crippen molar-refractivity contribution in [3.05, 3.63) is 53.1 Å². The average molecular weight is 383 g/mol. The van der Waals surface area contributed by atoms with Gasteiger partial charge in [0, 0.05) is 18.8 Å². The number of methoxy groups -OCH3 is 2. The molecule has 0 aliphatic carbocycles. The van der Waals surface area contributed by atoms with Gasteiger partial charge in [-0.3, -0.25) is 4.79 Å². The van der Waals surface area contributed by atoms with Gasteiger partial charge in [-0.1, -0.05) is 39.0 Å². The van der Waals surface area contributed by atoms with E-state index in [1.807, 2.05) is 35.2 Å². The van der Waals surface area contributed by atoms with Crippen molar-refractivity contribution in [1.29, 1.82) is 0 Å². The molecule has 0 saturated carbocycles. The molecule has 0 unspecified atom stereocenters. The molecule has 1 N–H and O–H groups in total. The van der Waals surface area contributed by atoms with Gasteiger partial charge in [-0.25, -0.2) is 0 Å². The van der Waals surface area contributed by atoms with Crippen molar-refractivity contribution in [3.8, 4) is 11.5 Å². The van der Waals surface area contributed by atoms with E-state index in [9.17, 15) is 4.79 Å². The molecule has 0 bridgehead atoms. The third-order valence-corrected chi connectivity index (χ3v) is 5.24. The number of anilines is 1. The van der Waals surface area contributed by atoms with Crippen molar-refractivity contribution < 1.29 is 14.3 Å². The highest BCUT2D eigenvalue weighted by Crippen LogP contribution is 2.33. The Bertz CT molecular complexity index is 855. The number of benzene rings is 2.